The van der Waals surface area contributed by atoms with Crippen LogP contribution in [-0.4, -0.2) is 23.7 Å². The van der Waals surface area contributed by atoms with Gasteiger partial charge in [-0.15, -0.1) is 0 Å². The largest absolute Gasteiger partial charge is 0.398 e. The van der Waals surface area contributed by atoms with Crippen LogP contribution in [-0.2, 0) is 6.42 Å². The number of aliphatic hydroxyl groups is 1. The lowest BCUT2D eigenvalue weighted by atomic mass is 10.1. The third-order valence-electron chi connectivity index (χ3n) is 3.14. The Kier molecular flexibility index (Phi) is 5.20. The van der Waals surface area contributed by atoms with Gasteiger partial charge in [-0.05, 0) is 30.2 Å². The number of rotatable bonds is 5. The molecule has 2 rings (SSSR count). The highest BCUT2D eigenvalue weighted by molar-refractivity contribution is 6.31. The third-order valence-corrected chi connectivity index (χ3v) is 3.37. The molecule has 0 saturated carbocycles. The van der Waals surface area contributed by atoms with Crippen LogP contribution in [0.1, 0.15) is 15.9 Å². The molecule has 0 aromatic heterocycles. The van der Waals surface area contributed by atoms with Gasteiger partial charge in [0.15, 0.2) is 0 Å². The van der Waals surface area contributed by atoms with Gasteiger partial charge < -0.3 is 16.2 Å². The summed E-state index contributed by atoms with van der Waals surface area (Å²) in [6.07, 6.45) is 0.552. The van der Waals surface area contributed by atoms with Crippen molar-refractivity contribution < 1.29 is 9.90 Å². The van der Waals surface area contributed by atoms with Crippen molar-refractivity contribution in [3.63, 3.8) is 0 Å². The number of carbonyl (C=O) groups is 1. The Balaban J connectivity index is 2.06. The van der Waals surface area contributed by atoms with Crippen LogP contribution in [0.2, 0.25) is 5.02 Å². The number of aliphatic hydroxyl groups excluding tert-OH is 1. The molecule has 0 heterocycles. The summed E-state index contributed by atoms with van der Waals surface area (Å²) < 4.78 is 0. The Labute approximate surface area is 128 Å². The minimum Gasteiger partial charge on any atom is -0.398 e. The molecule has 0 spiro atoms. The average Bonchev–Trinajstić information content (AvgIpc) is 2.47. The number of nitrogens with one attached hydrogen (secondary N) is 1. The van der Waals surface area contributed by atoms with Crippen molar-refractivity contribution in [1.82, 2.24) is 5.32 Å². The number of nitrogens with two attached hydrogens (primary N) is 1. The van der Waals surface area contributed by atoms with Gasteiger partial charge in [0.2, 0.25) is 0 Å². The van der Waals surface area contributed by atoms with Crippen LogP contribution in [0.4, 0.5) is 5.69 Å². The summed E-state index contributed by atoms with van der Waals surface area (Å²) in [5.74, 6) is -0.320. The number of benzene rings is 2. The summed E-state index contributed by atoms with van der Waals surface area (Å²) in [6.45, 7) is -0.145. The zero-order valence-electron chi connectivity index (χ0n) is 11.4. The highest BCUT2D eigenvalue weighted by Gasteiger charge is 2.15. The normalized spacial score (nSPS) is 11.9. The lowest BCUT2D eigenvalue weighted by Gasteiger charge is -2.17. The molecule has 110 valence electrons. The van der Waals surface area contributed by atoms with Gasteiger partial charge in [-0.3, -0.25) is 4.79 Å². The number of amides is 1. The fourth-order valence-corrected chi connectivity index (χ4v) is 2.24. The van der Waals surface area contributed by atoms with Gasteiger partial charge in [0.25, 0.3) is 5.91 Å². The minimum atomic E-state index is -0.366. The van der Waals surface area contributed by atoms with Gasteiger partial charge in [0.1, 0.15) is 0 Å². The quantitative estimate of drug-likeness (QED) is 0.742. The van der Waals surface area contributed by atoms with E-state index in [1.54, 1.807) is 12.1 Å². The lowest BCUT2D eigenvalue weighted by Crippen LogP contribution is -2.39. The predicted molar refractivity (Wildman–Crippen MR) is 84.4 cm³/mol. The Morgan fingerprint density at radius 3 is 2.57 bits per heavy atom. The summed E-state index contributed by atoms with van der Waals surface area (Å²) in [6, 6.07) is 14.0. The monoisotopic (exact) mass is 304 g/mol. The summed E-state index contributed by atoms with van der Waals surface area (Å²) in [5, 5.41) is 12.7. The van der Waals surface area contributed by atoms with E-state index in [4.69, 9.17) is 17.3 Å². The molecular weight excluding hydrogens is 288 g/mol. The zero-order chi connectivity index (χ0) is 15.2. The Morgan fingerprint density at radius 2 is 1.95 bits per heavy atom. The maximum atomic E-state index is 12.2. The second-order valence-electron chi connectivity index (χ2n) is 4.77. The lowest BCUT2D eigenvalue weighted by molar-refractivity contribution is 0.0917. The van der Waals surface area contributed by atoms with E-state index in [1.807, 2.05) is 30.3 Å². The first-order chi connectivity index (χ1) is 10.1. The molecule has 21 heavy (non-hydrogen) atoms. The SMILES string of the molecule is Nc1cc(Cl)ccc1C(=O)NC(CO)Cc1ccccc1. The standard InChI is InChI=1S/C16H17ClN2O2/c17-12-6-7-14(15(18)9-12)16(21)19-13(10-20)8-11-4-2-1-3-5-11/h1-7,9,13,20H,8,10,18H2,(H,19,21). The Bertz CT molecular complexity index is 617. The maximum absolute atomic E-state index is 12.2. The predicted octanol–water partition coefficient (Wildman–Crippen LogP) is 2.26. The summed E-state index contributed by atoms with van der Waals surface area (Å²) >= 11 is 5.81. The zero-order valence-corrected chi connectivity index (χ0v) is 12.2. The van der Waals surface area contributed by atoms with Crippen LogP contribution < -0.4 is 11.1 Å². The number of anilines is 1. The van der Waals surface area contributed by atoms with Crippen molar-refractivity contribution in [1.29, 1.82) is 0 Å². The molecule has 0 aliphatic carbocycles. The molecular formula is C16H17ClN2O2. The van der Waals surface area contributed by atoms with Crippen LogP contribution in [0.3, 0.4) is 0 Å². The van der Waals surface area contributed by atoms with E-state index in [9.17, 15) is 9.90 Å². The topological polar surface area (TPSA) is 75.4 Å². The second kappa shape index (κ2) is 7.11. The molecule has 0 bridgehead atoms. The molecule has 4 N–H and O–H groups in total. The minimum absolute atomic E-state index is 0.145. The Morgan fingerprint density at radius 1 is 1.24 bits per heavy atom. The van der Waals surface area contributed by atoms with Crippen LogP contribution in [0, 0.1) is 0 Å². The number of nitrogen functional groups attached to an aromatic ring is 1. The number of hydrogen-bond acceptors (Lipinski definition) is 3. The average molecular weight is 305 g/mol. The summed E-state index contributed by atoms with van der Waals surface area (Å²) in [7, 11) is 0. The van der Waals surface area contributed by atoms with E-state index in [0.717, 1.165) is 5.56 Å². The summed E-state index contributed by atoms with van der Waals surface area (Å²) in [4.78, 5) is 12.2. The van der Waals surface area contributed by atoms with Crippen LogP contribution >= 0.6 is 11.6 Å². The molecule has 1 amide bonds. The van der Waals surface area contributed by atoms with E-state index in [2.05, 4.69) is 5.32 Å². The van der Waals surface area contributed by atoms with Crippen LogP contribution in [0.15, 0.2) is 48.5 Å². The maximum Gasteiger partial charge on any atom is 0.253 e. The molecule has 1 atom stereocenters. The van der Waals surface area contributed by atoms with E-state index >= 15 is 0 Å². The van der Waals surface area contributed by atoms with Gasteiger partial charge in [-0.2, -0.15) is 0 Å². The second-order valence-corrected chi connectivity index (χ2v) is 5.21. The molecule has 0 aliphatic rings. The van der Waals surface area contributed by atoms with Gasteiger partial charge in [-0.1, -0.05) is 41.9 Å². The summed E-state index contributed by atoms with van der Waals surface area (Å²) in [5.41, 5.74) is 7.50. The first-order valence-corrected chi connectivity index (χ1v) is 6.98. The van der Waals surface area contributed by atoms with E-state index < -0.39 is 0 Å². The van der Waals surface area contributed by atoms with Crippen molar-refractivity contribution in [3.8, 4) is 0 Å². The highest BCUT2D eigenvalue weighted by atomic mass is 35.5. The fourth-order valence-electron chi connectivity index (χ4n) is 2.06. The van der Waals surface area contributed by atoms with Gasteiger partial charge >= 0.3 is 0 Å². The number of carbonyl (C=O) groups excluding carboxylic acids is 1. The molecule has 0 fully saturated rings. The molecule has 0 saturated heterocycles. The number of halogens is 1. The number of hydrogen-bond donors (Lipinski definition) is 3. The molecule has 5 heteroatoms. The third kappa shape index (κ3) is 4.21. The van der Waals surface area contributed by atoms with Gasteiger partial charge in [0.05, 0.1) is 18.2 Å². The van der Waals surface area contributed by atoms with Crippen molar-refractivity contribution in [2.45, 2.75) is 12.5 Å². The highest BCUT2D eigenvalue weighted by Crippen LogP contribution is 2.18. The molecule has 4 nitrogen and oxygen atoms in total. The van der Waals surface area contributed by atoms with Crippen molar-refractivity contribution in [3.05, 3.63) is 64.7 Å². The smallest absolute Gasteiger partial charge is 0.253 e. The molecule has 1 unspecified atom stereocenters. The van der Waals surface area contributed by atoms with Crippen LogP contribution in [0.25, 0.3) is 0 Å². The van der Waals surface area contributed by atoms with E-state index in [-0.39, 0.29) is 18.6 Å². The first-order valence-electron chi connectivity index (χ1n) is 6.61. The van der Waals surface area contributed by atoms with Crippen molar-refractivity contribution in [2.24, 2.45) is 0 Å². The van der Waals surface area contributed by atoms with E-state index in [0.29, 0.717) is 22.7 Å². The molecule has 0 radical (unpaired) electrons. The molecule has 2 aromatic rings. The Hall–Kier alpha value is -2.04. The first kappa shape index (κ1) is 15.4. The molecule has 0 aliphatic heterocycles. The van der Waals surface area contributed by atoms with Gasteiger partial charge in [-0.25, -0.2) is 0 Å². The molecule has 2 aromatic carbocycles. The van der Waals surface area contributed by atoms with Crippen molar-refractivity contribution in [2.75, 3.05) is 12.3 Å². The van der Waals surface area contributed by atoms with Crippen LogP contribution in [0.5, 0.6) is 0 Å². The van der Waals surface area contributed by atoms with Crippen molar-refractivity contribution >= 4 is 23.2 Å². The fraction of sp³-hybridized carbons (Fsp3) is 0.188. The van der Waals surface area contributed by atoms with E-state index in [1.165, 1.54) is 6.07 Å². The van der Waals surface area contributed by atoms with Gasteiger partial charge in [0, 0.05) is 10.7 Å².